The molecular weight excluding hydrogens is 370 g/mol. The molecule has 150 valence electrons. The van der Waals surface area contributed by atoms with Crippen molar-refractivity contribution in [1.29, 1.82) is 0 Å². The summed E-state index contributed by atoms with van der Waals surface area (Å²) < 4.78 is 5.18. The van der Waals surface area contributed by atoms with E-state index in [2.05, 4.69) is 5.10 Å². The molecule has 7 heteroatoms. The fourth-order valence-corrected chi connectivity index (χ4v) is 2.95. The normalized spacial score (nSPS) is 13.6. The summed E-state index contributed by atoms with van der Waals surface area (Å²) >= 11 is 0. The second kappa shape index (κ2) is 9.64. The van der Waals surface area contributed by atoms with Crippen LogP contribution in [0.1, 0.15) is 25.3 Å². The van der Waals surface area contributed by atoms with E-state index in [0.717, 1.165) is 5.56 Å². The van der Waals surface area contributed by atoms with Gasteiger partial charge in [0.1, 0.15) is 5.71 Å². The molecule has 0 unspecified atom stereocenters. The van der Waals surface area contributed by atoms with Crippen LogP contribution in [0.2, 0.25) is 0 Å². The van der Waals surface area contributed by atoms with Crippen LogP contribution >= 0.6 is 0 Å². The lowest BCUT2D eigenvalue weighted by atomic mass is 10.1. The van der Waals surface area contributed by atoms with Gasteiger partial charge in [-0.25, -0.2) is 9.80 Å². The number of para-hydroxylation sites is 1. The van der Waals surface area contributed by atoms with Crippen LogP contribution in [-0.2, 0) is 25.7 Å². The van der Waals surface area contributed by atoms with Crippen molar-refractivity contribution in [2.24, 2.45) is 5.10 Å². The minimum Gasteiger partial charge on any atom is -0.451 e. The number of ether oxygens (including phenoxy) is 1. The van der Waals surface area contributed by atoms with Crippen molar-refractivity contribution in [3.8, 4) is 0 Å². The van der Waals surface area contributed by atoms with E-state index < -0.39 is 5.97 Å². The second-order valence-electron chi connectivity index (χ2n) is 6.56. The molecule has 0 aliphatic carbocycles. The maximum atomic E-state index is 12.4. The fraction of sp³-hybridized carbons (Fsp3) is 0.273. The highest BCUT2D eigenvalue weighted by molar-refractivity contribution is 6.38. The minimum atomic E-state index is -0.678. The maximum absolute atomic E-state index is 12.4. The van der Waals surface area contributed by atoms with Gasteiger partial charge in [-0.3, -0.25) is 9.59 Å². The van der Waals surface area contributed by atoms with E-state index in [0.29, 0.717) is 18.8 Å². The molecule has 1 aliphatic rings. The van der Waals surface area contributed by atoms with E-state index in [1.807, 2.05) is 43.3 Å². The highest BCUT2D eigenvalue weighted by Gasteiger charge is 2.27. The Morgan fingerprint density at radius 3 is 2.34 bits per heavy atom. The number of benzene rings is 2. The Bertz CT molecular complexity index is 897. The molecule has 0 N–H and O–H groups in total. The van der Waals surface area contributed by atoms with Crippen LogP contribution < -0.4 is 5.01 Å². The first-order valence-corrected chi connectivity index (χ1v) is 9.52. The first-order chi connectivity index (χ1) is 14.1. The second-order valence-corrected chi connectivity index (χ2v) is 6.56. The summed E-state index contributed by atoms with van der Waals surface area (Å²) in [7, 11) is 0. The first kappa shape index (κ1) is 20.3. The van der Waals surface area contributed by atoms with Gasteiger partial charge in [0.15, 0.2) is 6.61 Å². The van der Waals surface area contributed by atoms with Crippen LogP contribution in [0.3, 0.4) is 0 Å². The van der Waals surface area contributed by atoms with Gasteiger partial charge in [0.05, 0.1) is 5.69 Å². The zero-order valence-corrected chi connectivity index (χ0v) is 16.3. The average Bonchev–Trinajstić information content (AvgIpc) is 2.77. The summed E-state index contributed by atoms with van der Waals surface area (Å²) in [6, 6.07) is 18.5. The topological polar surface area (TPSA) is 79.3 Å². The monoisotopic (exact) mass is 393 g/mol. The molecule has 3 rings (SSSR count). The van der Waals surface area contributed by atoms with Crippen molar-refractivity contribution in [1.82, 2.24) is 4.90 Å². The Hall–Kier alpha value is -3.48. The van der Waals surface area contributed by atoms with E-state index in [9.17, 15) is 14.4 Å². The number of anilines is 1. The molecule has 0 saturated carbocycles. The van der Waals surface area contributed by atoms with E-state index in [4.69, 9.17) is 4.74 Å². The van der Waals surface area contributed by atoms with Crippen LogP contribution in [0.5, 0.6) is 0 Å². The SMILES string of the molecule is CCN(Cc1ccccc1)C(=O)COC(=O)C1=NN(c2ccccc2)C(=O)CC1. The van der Waals surface area contributed by atoms with Gasteiger partial charge in [0.25, 0.3) is 5.91 Å². The molecule has 0 fully saturated rings. The number of hydrogen-bond acceptors (Lipinski definition) is 5. The van der Waals surface area contributed by atoms with E-state index >= 15 is 0 Å². The number of rotatable bonds is 7. The number of esters is 1. The van der Waals surface area contributed by atoms with E-state index in [1.165, 1.54) is 5.01 Å². The third-order valence-electron chi connectivity index (χ3n) is 4.55. The minimum absolute atomic E-state index is 0.132. The molecule has 2 aromatic rings. The maximum Gasteiger partial charge on any atom is 0.355 e. The molecule has 2 amide bonds. The van der Waals surface area contributed by atoms with Crippen LogP contribution in [0.25, 0.3) is 0 Å². The van der Waals surface area contributed by atoms with Gasteiger partial charge in [-0.15, -0.1) is 0 Å². The molecule has 1 aliphatic heterocycles. The third-order valence-corrected chi connectivity index (χ3v) is 4.55. The Morgan fingerprint density at radius 1 is 1.03 bits per heavy atom. The average molecular weight is 393 g/mol. The standard InChI is InChI=1S/C22H23N3O4/c1-2-24(15-17-9-5-3-6-10-17)21(27)16-29-22(28)19-13-14-20(26)25(23-19)18-11-7-4-8-12-18/h3-12H,2,13-16H2,1H3. The lowest BCUT2D eigenvalue weighted by Gasteiger charge is -2.23. The molecule has 0 aromatic heterocycles. The number of nitrogens with zero attached hydrogens (tertiary/aromatic N) is 3. The summed E-state index contributed by atoms with van der Waals surface area (Å²) in [4.78, 5) is 38.6. The highest BCUT2D eigenvalue weighted by Crippen LogP contribution is 2.20. The van der Waals surface area contributed by atoms with Crippen molar-refractivity contribution < 1.29 is 19.1 Å². The van der Waals surface area contributed by atoms with Gasteiger partial charge in [-0.1, -0.05) is 48.5 Å². The van der Waals surface area contributed by atoms with Gasteiger partial charge >= 0.3 is 5.97 Å². The van der Waals surface area contributed by atoms with Gasteiger partial charge in [0, 0.05) is 25.9 Å². The van der Waals surface area contributed by atoms with Crippen molar-refractivity contribution in [3.05, 3.63) is 66.2 Å². The van der Waals surface area contributed by atoms with Crippen molar-refractivity contribution in [2.45, 2.75) is 26.3 Å². The molecule has 1 heterocycles. The number of likely N-dealkylation sites (N-methyl/N-ethyl adjacent to an activating group) is 1. The number of hydrazone groups is 1. The third kappa shape index (κ3) is 5.28. The summed E-state index contributed by atoms with van der Waals surface area (Å²) in [6.45, 7) is 2.46. The summed E-state index contributed by atoms with van der Waals surface area (Å²) in [5.74, 6) is -1.15. The summed E-state index contributed by atoms with van der Waals surface area (Å²) in [5.41, 5.74) is 1.72. The van der Waals surface area contributed by atoms with Crippen LogP contribution in [0.4, 0.5) is 5.69 Å². The van der Waals surface area contributed by atoms with Gasteiger partial charge in [0.2, 0.25) is 5.91 Å². The zero-order chi connectivity index (χ0) is 20.6. The number of carbonyl (C=O) groups is 3. The molecule has 0 saturated heterocycles. The largest absolute Gasteiger partial charge is 0.451 e. The number of hydrogen-bond donors (Lipinski definition) is 0. The quantitative estimate of drug-likeness (QED) is 0.678. The molecule has 0 bridgehead atoms. The van der Waals surface area contributed by atoms with Crippen LogP contribution in [0, 0.1) is 0 Å². The summed E-state index contributed by atoms with van der Waals surface area (Å²) in [5, 5.41) is 5.35. The zero-order valence-electron chi connectivity index (χ0n) is 16.3. The van der Waals surface area contributed by atoms with E-state index in [1.54, 1.807) is 29.2 Å². The molecule has 7 nitrogen and oxygen atoms in total. The van der Waals surface area contributed by atoms with Crippen LogP contribution in [0.15, 0.2) is 65.8 Å². The molecule has 0 radical (unpaired) electrons. The Kier molecular flexibility index (Phi) is 6.73. The fourth-order valence-electron chi connectivity index (χ4n) is 2.95. The molecular formula is C22H23N3O4. The molecule has 2 aromatic carbocycles. The Balaban J connectivity index is 1.60. The predicted octanol–water partition coefficient (Wildman–Crippen LogP) is 2.76. The molecule has 0 spiro atoms. The molecule has 0 atom stereocenters. The predicted molar refractivity (Wildman–Crippen MR) is 109 cm³/mol. The highest BCUT2D eigenvalue weighted by atomic mass is 16.5. The Labute approximate surface area is 169 Å². The van der Waals surface area contributed by atoms with Crippen molar-refractivity contribution in [3.63, 3.8) is 0 Å². The smallest absolute Gasteiger partial charge is 0.355 e. The van der Waals surface area contributed by atoms with Gasteiger partial charge in [-0.2, -0.15) is 5.10 Å². The van der Waals surface area contributed by atoms with E-state index in [-0.39, 0.29) is 37.0 Å². The Morgan fingerprint density at radius 2 is 1.69 bits per heavy atom. The van der Waals surface area contributed by atoms with Crippen LogP contribution in [-0.4, -0.2) is 41.5 Å². The lowest BCUT2D eigenvalue weighted by molar-refractivity contribution is -0.147. The van der Waals surface area contributed by atoms with Gasteiger partial charge in [-0.05, 0) is 24.6 Å². The van der Waals surface area contributed by atoms with Crippen molar-refractivity contribution in [2.75, 3.05) is 18.2 Å². The van der Waals surface area contributed by atoms with Gasteiger partial charge < -0.3 is 9.64 Å². The first-order valence-electron chi connectivity index (χ1n) is 9.52. The number of carbonyl (C=O) groups excluding carboxylic acids is 3. The van der Waals surface area contributed by atoms with Crippen molar-refractivity contribution >= 4 is 29.2 Å². The lowest BCUT2D eigenvalue weighted by Crippen LogP contribution is -2.37. The molecule has 29 heavy (non-hydrogen) atoms. The number of amides is 2. The summed E-state index contributed by atoms with van der Waals surface area (Å²) in [6.07, 6.45) is 0.350.